The first-order valence-corrected chi connectivity index (χ1v) is 15.3. The lowest BCUT2D eigenvalue weighted by atomic mass is 9.83. The third-order valence-corrected chi connectivity index (χ3v) is 9.43. The predicted molar refractivity (Wildman–Crippen MR) is 157 cm³/mol. The molecule has 1 saturated carbocycles. The lowest BCUT2D eigenvalue weighted by molar-refractivity contribution is 0.327. The largest absolute Gasteiger partial charge is 0.367 e. The maximum atomic E-state index is 15.4. The Morgan fingerprint density at radius 1 is 1.02 bits per heavy atom. The normalized spacial score (nSPS) is 17.4. The summed E-state index contributed by atoms with van der Waals surface area (Å²) in [7, 11) is -3.97. The SMILES string of the molecule is Cc1ccc(S(=O)(=O)n2cc(-c3nc(C)c(F)c(C[C@@H]4CCC[C@H](Nc5cc(C)ncn5)C4)n3)c3cncnc32)cc1. The summed E-state index contributed by atoms with van der Waals surface area (Å²) in [6.45, 7) is 5.42. The highest BCUT2D eigenvalue weighted by Crippen LogP contribution is 2.33. The minimum absolute atomic E-state index is 0.129. The van der Waals surface area contributed by atoms with Gasteiger partial charge in [0.15, 0.2) is 17.3 Å². The van der Waals surface area contributed by atoms with Crippen molar-refractivity contribution < 1.29 is 12.8 Å². The van der Waals surface area contributed by atoms with Crippen LogP contribution in [0.25, 0.3) is 22.4 Å². The number of benzene rings is 1. The number of aromatic nitrogens is 7. The van der Waals surface area contributed by atoms with Gasteiger partial charge >= 0.3 is 0 Å². The topological polar surface area (TPSA) is 128 Å². The van der Waals surface area contributed by atoms with Crippen molar-refractivity contribution in [1.82, 2.24) is 33.9 Å². The first-order valence-electron chi connectivity index (χ1n) is 13.9. The van der Waals surface area contributed by atoms with Gasteiger partial charge in [0.25, 0.3) is 10.0 Å². The molecule has 0 spiro atoms. The molecule has 0 unspecified atom stereocenters. The summed E-state index contributed by atoms with van der Waals surface area (Å²) in [5.41, 5.74) is 2.99. The molecule has 42 heavy (non-hydrogen) atoms. The molecule has 4 heterocycles. The first kappa shape index (κ1) is 27.8. The summed E-state index contributed by atoms with van der Waals surface area (Å²) in [6.07, 6.45) is 10.1. The number of hydrogen-bond donors (Lipinski definition) is 1. The number of rotatable bonds is 7. The van der Waals surface area contributed by atoms with Gasteiger partial charge in [-0.1, -0.05) is 24.1 Å². The number of hydrogen-bond acceptors (Lipinski definition) is 9. The van der Waals surface area contributed by atoms with Gasteiger partial charge in [0.2, 0.25) is 0 Å². The van der Waals surface area contributed by atoms with Gasteiger partial charge in [0.05, 0.1) is 16.3 Å². The maximum absolute atomic E-state index is 15.4. The molecule has 4 aromatic heterocycles. The van der Waals surface area contributed by atoms with Crippen LogP contribution < -0.4 is 5.32 Å². The summed E-state index contributed by atoms with van der Waals surface area (Å²) in [5.74, 6) is 0.803. The van der Waals surface area contributed by atoms with E-state index in [1.165, 1.54) is 18.7 Å². The van der Waals surface area contributed by atoms with Crippen LogP contribution in [0, 0.1) is 32.5 Å². The van der Waals surface area contributed by atoms with Gasteiger partial charge in [-0.2, -0.15) is 0 Å². The second-order valence-corrected chi connectivity index (χ2v) is 12.7. The van der Waals surface area contributed by atoms with Crippen LogP contribution in [0.4, 0.5) is 10.2 Å². The van der Waals surface area contributed by atoms with Crippen molar-refractivity contribution in [2.24, 2.45) is 5.92 Å². The molecule has 216 valence electrons. The Morgan fingerprint density at radius 3 is 2.62 bits per heavy atom. The first-order chi connectivity index (χ1) is 20.2. The zero-order valence-corrected chi connectivity index (χ0v) is 24.4. The molecular weight excluding hydrogens is 555 g/mol. The van der Waals surface area contributed by atoms with E-state index in [-0.39, 0.29) is 34.0 Å². The van der Waals surface area contributed by atoms with Crippen molar-refractivity contribution in [3.05, 3.63) is 83.8 Å². The fraction of sp³-hybridized carbons (Fsp3) is 0.333. The van der Waals surface area contributed by atoms with Crippen LogP contribution in [-0.2, 0) is 16.4 Å². The molecule has 12 heteroatoms. The summed E-state index contributed by atoms with van der Waals surface area (Å²) < 4.78 is 43.8. The molecule has 0 aliphatic heterocycles. The van der Waals surface area contributed by atoms with Crippen LogP contribution in [0.5, 0.6) is 0 Å². The van der Waals surface area contributed by atoms with E-state index >= 15 is 4.39 Å². The lowest BCUT2D eigenvalue weighted by Crippen LogP contribution is -2.29. The number of fused-ring (bicyclic) bond motifs is 1. The smallest absolute Gasteiger partial charge is 0.269 e. The second-order valence-electron chi connectivity index (χ2n) is 10.9. The molecule has 1 aliphatic carbocycles. The fourth-order valence-electron chi connectivity index (χ4n) is 5.62. The van der Waals surface area contributed by atoms with Crippen LogP contribution in [0.1, 0.15) is 48.3 Å². The minimum atomic E-state index is -3.97. The van der Waals surface area contributed by atoms with Crippen LogP contribution in [0.3, 0.4) is 0 Å². The molecule has 1 fully saturated rings. The average Bonchev–Trinajstić information content (AvgIpc) is 3.37. The number of aryl methyl sites for hydroxylation is 3. The van der Waals surface area contributed by atoms with E-state index in [1.54, 1.807) is 37.5 Å². The van der Waals surface area contributed by atoms with Gasteiger partial charge in [0, 0.05) is 41.1 Å². The summed E-state index contributed by atoms with van der Waals surface area (Å²) in [4.78, 5) is 26.1. The quantitative estimate of drug-likeness (QED) is 0.274. The van der Waals surface area contributed by atoms with Crippen LogP contribution in [0.15, 0.2) is 60.3 Å². The molecule has 1 N–H and O–H groups in total. The van der Waals surface area contributed by atoms with Crippen LogP contribution in [0.2, 0.25) is 0 Å². The molecule has 0 saturated heterocycles. The standard InChI is InChI=1S/C30H31FN8O2S/c1-18-7-9-23(10-8-18)42(40,41)39-15-25(24-14-32-16-35-30(24)39)29-36-20(3)28(31)26(38-29)13-21-5-4-6-22(12-21)37-27-11-19(2)33-17-34-27/h7-11,14-17,21-22H,4-6,12-13H2,1-3H3,(H,33,34,37)/t21-,22+/m1/s1. The summed E-state index contributed by atoms with van der Waals surface area (Å²) in [5, 5.41) is 3.97. The molecule has 1 aliphatic rings. The molecule has 0 amide bonds. The highest BCUT2D eigenvalue weighted by molar-refractivity contribution is 7.90. The van der Waals surface area contributed by atoms with Gasteiger partial charge < -0.3 is 5.32 Å². The molecule has 10 nitrogen and oxygen atoms in total. The molecule has 1 aromatic carbocycles. The Hall–Kier alpha value is -4.32. The highest BCUT2D eigenvalue weighted by Gasteiger charge is 2.27. The van der Waals surface area contributed by atoms with E-state index in [2.05, 4.69) is 35.2 Å². The van der Waals surface area contributed by atoms with Gasteiger partial charge in [-0.15, -0.1) is 0 Å². The molecule has 6 rings (SSSR count). The average molecular weight is 587 g/mol. The monoisotopic (exact) mass is 586 g/mol. The van der Waals surface area contributed by atoms with E-state index in [0.717, 1.165) is 46.7 Å². The fourth-order valence-corrected chi connectivity index (χ4v) is 6.94. The van der Waals surface area contributed by atoms with Crippen LogP contribution in [-0.4, -0.2) is 48.3 Å². The molecular formula is C30H31FN8O2S. The summed E-state index contributed by atoms with van der Waals surface area (Å²) >= 11 is 0. The molecule has 2 atom stereocenters. The Labute approximate surface area is 243 Å². The molecule has 5 aromatic rings. The number of halogens is 1. The third kappa shape index (κ3) is 5.46. The lowest BCUT2D eigenvalue weighted by Gasteiger charge is -2.30. The van der Waals surface area contributed by atoms with Gasteiger partial charge in [-0.3, -0.25) is 0 Å². The van der Waals surface area contributed by atoms with Gasteiger partial charge in [-0.05, 0) is 64.5 Å². The number of nitrogens with zero attached hydrogens (tertiary/aromatic N) is 7. The zero-order valence-electron chi connectivity index (χ0n) is 23.6. The maximum Gasteiger partial charge on any atom is 0.269 e. The van der Waals surface area contributed by atoms with Crippen molar-refractivity contribution in [3.63, 3.8) is 0 Å². The second kappa shape index (κ2) is 11.2. The van der Waals surface area contributed by atoms with Gasteiger partial charge in [-0.25, -0.2) is 46.7 Å². The van der Waals surface area contributed by atoms with Crippen LogP contribution >= 0.6 is 0 Å². The number of anilines is 1. The predicted octanol–water partition coefficient (Wildman–Crippen LogP) is 5.19. The van der Waals surface area contributed by atoms with Crippen molar-refractivity contribution in [1.29, 1.82) is 0 Å². The molecule has 0 radical (unpaired) electrons. The number of nitrogens with one attached hydrogen (secondary N) is 1. The Morgan fingerprint density at radius 2 is 1.83 bits per heavy atom. The van der Waals surface area contributed by atoms with Crippen molar-refractivity contribution in [2.75, 3.05) is 5.32 Å². The zero-order chi connectivity index (χ0) is 29.4. The van der Waals surface area contributed by atoms with E-state index in [4.69, 9.17) is 0 Å². The van der Waals surface area contributed by atoms with Crippen molar-refractivity contribution >= 4 is 26.9 Å². The van der Waals surface area contributed by atoms with E-state index in [1.807, 2.05) is 19.9 Å². The van der Waals surface area contributed by atoms with E-state index in [0.29, 0.717) is 23.1 Å². The Balaban J connectivity index is 1.32. The van der Waals surface area contributed by atoms with Gasteiger partial charge in [0.1, 0.15) is 18.5 Å². The Bertz CT molecular complexity index is 1870. The molecule has 0 bridgehead atoms. The van der Waals surface area contributed by atoms with E-state index in [9.17, 15) is 8.42 Å². The van der Waals surface area contributed by atoms with Crippen molar-refractivity contribution in [2.45, 2.75) is 63.8 Å². The van der Waals surface area contributed by atoms with E-state index < -0.39 is 15.8 Å². The minimum Gasteiger partial charge on any atom is -0.367 e. The third-order valence-electron chi connectivity index (χ3n) is 7.76. The highest BCUT2D eigenvalue weighted by atomic mass is 32.2. The van der Waals surface area contributed by atoms with Crippen molar-refractivity contribution in [3.8, 4) is 11.4 Å². The Kier molecular flexibility index (Phi) is 7.40. The summed E-state index contributed by atoms with van der Waals surface area (Å²) in [6, 6.07) is 8.74.